The molecule has 0 amide bonds. The molecular weight excluding hydrogens is 455 g/mol. The molecule has 0 N–H and O–H groups in total. The van der Waals surface area contributed by atoms with E-state index in [1.807, 2.05) is 18.2 Å². The van der Waals surface area contributed by atoms with Crippen molar-refractivity contribution in [2.45, 2.75) is 38.5 Å². The van der Waals surface area contributed by atoms with Crippen molar-refractivity contribution < 1.29 is 0 Å². The Labute approximate surface area is 202 Å². The molecule has 1 aliphatic carbocycles. The lowest BCUT2D eigenvalue weighted by molar-refractivity contribution is 0.289. The summed E-state index contributed by atoms with van der Waals surface area (Å²) in [5, 5.41) is 3.49. The second-order valence-corrected chi connectivity index (χ2v) is 10.1. The lowest BCUT2D eigenvalue weighted by Gasteiger charge is -2.43. The molecule has 3 aromatic carbocycles. The predicted octanol–water partition coefficient (Wildman–Crippen LogP) is 8.16. The molecule has 4 aromatic rings. The van der Waals surface area contributed by atoms with Crippen LogP contribution in [-0.2, 0) is 5.41 Å². The van der Waals surface area contributed by atoms with Gasteiger partial charge in [-0.1, -0.05) is 72.1 Å². The van der Waals surface area contributed by atoms with Crippen LogP contribution in [0.4, 0.5) is 5.69 Å². The SMILES string of the molecule is Cc1ccccc1/N=c1/scc(C2(c3ccc(Cl)c(Cl)c3)CCC2)n1-c1ccccc1C. The van der Waals surface area contributed by atoms with Crippen LogP contribution in [0.5, 0.6) is 0 Å². The van der Waals surface area contributed by atoms with Crippen molar-refractivity contribution in [3.8, 4) is 5.69 Å². The highest BCUT2D eigenvalue weighted by atomic mass is 35.5. The van der Waals surface area contributed by atoms with Gasteiger partial charge in [0.15, 0.2) is 4.80 Å². The summed E-state index contributed by atoms with van der Waals surface area (Å²) in [6, 6.07) is 22.9. The second-order valence-electron chi connectivity index (χ2n) is 8.49. The maximum Gasteiger partial charge on any atom is 0.194 e. The van der Waals surface area contributed by atoms with Crippen molar-refractivity contribution >= 4 is 40.2 Å². The number of thiazole rings is 1. The molecule has 1 aromatic heterocycles. The first-order chi connectivity index (χ1) is 15.5. The third kappa shape index (κ3) is 3.63. The van der Waals surface area contributed by atoms with Gasteiger partial charge >= 0.3 is 0 Å². The molecule has 5 rings (SSSR count). The fourth-order valence-corrected chi connectivity index (χ4v) is 5.88. The molecular formula is C27H24Cl2N2S. The smallest absolute Gasteiger partial charge is 0.194 e. The molecule has 1 saturated carbocycles. The van der Waals surface area contributed by atoms with E-state index in [0.717, 1.165) is 23.3 Å². The predicted molar refractivity (Wildman–Crippen MR) is 136 cm³/mol. The number of nitrogens with zero attached hydrogens (tertiary/aromatic N) is 2. The molecule has 0 spiro atoms. The van der Waals surface area contributed by atoms with E-state index in [4.69, 9.17) is 28.2 Å². The molecule has 0 aliphatic heterocycles. The molecule has 1 aliphatic rings. The monoisotopic (exact) mass is 478 g/mol. The zero-order valence-electron chi connectivity index (χ0n) is 18.1. The molecule has 5 heteroatoms. The standard InChI is InChI=1S/C27H24Cl2N2S/c1-18-8-3-5-10-23(18)30-26-31(24-11-6-4-9-19(24)2)25(17-32-26)27(14-7-15-27)20-12-13-21(28)22(29)16-20/h3-6,8-13,16-17H,7,14-15H2,1-2H3/b30-26+. The highest BCUT2D eigenvalue weighted by Crippen LogP contribution is 2.50. The van der Waals surface area contributed by atoms with Crippen molar-refractivity contribution in [2.24, 2.45) is 4.99 Å². The summed E-state index contributed by atoms with van der Waals surface area (Å²) in [5.41, 5.74) is 6.97. The Morgan fingerprint density at radius 3 is 2.25 bits per heavy atom. The first-order valence-electron chi connectivity index (χ1n) is 10.8. The molecule has 2 nitrogen and oxygen atoms in total. The Balaban J connectivity index is 1.78. The fourth-order valence-electron chi connectivity index (χ4n) is 4.58. The van der Waals surface area contributed by atoms with Crippen molar-refractivity contribution in [3.63, 3.8) is 0 Å². The van der Waals surface area contributed by atoms with Gasteiger partial charge in [0.1, 0.15) is 0 Å². The van der Waals surface area contributed by atoms with Gasteiger partial charge in [0, 0.05) is 16.5 Å². The molecule has 162 valence electrons. The van der Waals surface area contributed by atoms with Crippen molar-refractivity contribution in [1.29, 1.82) is 0 Å². The van der Waals surface area contributed by atoms with Gasteiger partial charge in [-0.3, -0.25) is 4.57 Å². The van der Waals surface area contributed by atoms with Gasteiger partial charge in [-0.05, 0) is 67.6 Å². The van der Waals surface area contributed by atoms with Crippen LogP contribution in [0.1, 0.15) is 41.6 Å². The molecule has 32 heavy (non-hydrogen) atoms. The summed E-state index contributed by atoms with van der Waals surface area (Å²) in [6.45, 7) is 4.27. The summed E-state index contributed by atoms with van der Waals surface area (Å²) in [4.78, 5) is 6.09. The first kappa shape index (κ1) is 21.5. The number of halogens is 2. The highest BCUT2D eigenvalue weighted by molar-refractivity contribution is 7.07. The third-order valence-corrected chi connectivity index (χ3v) is 8.13. The fraction of sp³-hybridized carbons (Fsp3) is 0.222. The molecule has 0 saturated heterocycles. The Morgan fingerprint density at radius 1 is 0.875 bits per heavy atom. The zero-order valence-corrected chi connectivity index (χ0v) is 20.4. The lowest BCUT2D eigenvalue weighted by atomic mass is 9.62. The normalized spacial score (nSPS) is 15.6. The van der Waals surface area contributed by atoms with E-state index in [0.29, 0.717) is 10.0 Å². The topological polar surface area (TPSA) is 17.3 Å². The van der Waals surface area contributed by atoms with Gasteiger partial charge in [0.05, 0.1) is 21.4 Å². The van der Waals surface area contributed by atoms with E-state index in [-0.39, 0.29) is 5.41 Å². The number of hydrogen-bond acceptors (Lipinski definition) is 2. The van der Waals surface area contributed by atoms with Gasteiger partial charge in [-0.2, -0.15) is 0 Å². The molecule has 1 fully saturated rings. The number of benzene rings is 3. The van der Waals surface area contributed by atoms with Crippen molar-refractivity contribution in [2.75, 3.05) is 0 Å². The molecule has 0 radical (unpaired) electrons. The minimum absolute atomic E-state index is 0.0908. The second kappa shape index (κ2) is 8.55. The van der Waals surface area contributed by atoms with E-state index >= 15 is 0 Å². The number of para-hydroxylation sites is 2. The van der Waals surface area contributed by atoms with E-state index < -0.39 is 0 Å². The van der Waals surface area contributed by atoms with Crippen LogP contribution in [0.25, 0.3) is 5.69 Å². The summed E-state index contributed by atoms with van der Waals surface area (Å²) in [7, 11) is 0. The van der Waals surface area contributed by atoms with Crippen LogP contribution in [0.15, 0.2) is 77.1 Å². The Bertz CT molecular complexity index is 1360. The third-order valence-electron chi connectivity index (χ3n) is 6.57. The van der Waals surface area contributed by atoms with Gasteiger partial charge in [-0.25, -0.2) is 4.99 Å². The Morgan fingerprint density at radius 2 is 1.59 bits per heavy atom. The first-order valence-corrected chi connectivity index (χ1v) is 12.5. The van der Waals surface area contributed by atoms with Gasteiger partial charge < -0.3 is 0 Å². The Hall–Kier alpha value is -2.33. The Kier molecular flexibility index (Phi) is 5.75. The van der Waals surface area contributed by atoms with Gasteiger partial charge in [-0.15, -0.1) is 11.3 Å². The zero-order chi connectivity index (χ0) is 22.3. The number of aryl methyl sites for hydroxylation is 2. The summed E-state index contributed by atoms with van der Waals surface area (Å²) in [6.07, 6.45) is 3.35. The summed E-state index contributed by atoms with van der Waals surface area (Å²) >= 11 is 14.4. The van der Waals surface area contributed by atoms with Crippen LogP contribution < -0.4 is 4.80 Å². The van der Waals surface area contributed by atoms with E-state index in [1.165, 1.54) is 34.5 Å². The van der Waals surface area contributed by atoms with Crippen molar-refractivity contribution in [1.82, 2.24) is 4.57 Å². The van der Waals surface area contributed by atoms with Crippen LogP contribution >= 0.6 is 34.5 Å². The summed E-state index contributed by atoms with van der Waals surface area (Å²) < 4.78 is 2.36. The quantitative estimate of drug-likeness (QED) is 0.281. The molecule has 0 bridgehead atoms. The largest absolute Gasteiger partial charge is 0.288 e. The minimum atomic E-state index is -0.0908. The number of hydrogen-bond donors (Lipinski definition) is 0. The summed E-state index contributed by atoms with van der Waals surface area (Å²) in [5.74, 6) is 0. The molecule has 0 unspecified atom stereocenters. The average Bonchev–Trinajstić information content (AvgIpc) is 3.15. The maximum atomic E-state index is 6.45. The van der Waals surface area contributed by atoms with Crippen molar-refractivity contribution in [3.05, 3.63) is 109 Å². The average molecular weight is 479 g/mol. The molecule has 0 atom stereocenters. The van der Waals surface area contributed by atoms with Crippen LogP contribution in [0.2, 0.25) is 10.0 Å². The minimum Gasteiger partial charge on any atom is -0.288 e. The van der Waals surface area contributed by atoms with Gasteiger partial charge in [0.2, 0.25) is 0 Å². The number of rotatable bonds is 4. The van der Waals surface area contributed by atoms with Crippen LogP contribution in [0.3, 0.4) is 0 Å². The molecule has 1 heterocycles. The van der Waals surface area contributed by atoms with Gasteiger partial charge in [0.25, 0.3) is 0 Å². The maximum absolute atomic E-state index is 6.45. The highest BCUT2D eigenvalue weighted by Gasteiger charge is 2.43. The number of aromatic nitrogens is 1. The van der Waals surface area contributed by atoms with E-state index in [9.17, 15) is 0 Å². The van der Waals surface area contributed by atoms with E-state index in [1.54, 1.807) is 11.3 Å². The van der Waals surface area contributed by atoms with E-state index in [2.05, 4.69) is 72.3 Å². The van der Waals surface area contributed by atoms with Crippen LogP contribution in [0, 0.1) is 13.8 Å². The lowest BCUT2D eigenvalue weighted by Crippen LogP contribution is -2.38. The van der Waals surface area contributed by atoms with Crippen LogP contribution in [-0.4, -0.2) is 4.57 Å².